The van der Waals surface area contributed by atoms with Gasteiger partial charge in [-0.15, -0.1) is 0 Å². The van der Waals surface area contributed by atoms with Crippen LogP contribution in [-0.4, -0.2) is 35.9 Å². The molecular formula is C21H21F2N3O3S. The van der Waals surface area contributed by atoms with Crippen LogP contribution in [-0.2, 0) is 9.61 Å². The molecule has 9 heteroatoms. The topological polar surface area (TPSA) is 77.1 Å². The maximum absolute atomic E-state index is 14.6. The Morgan fingerprint density at radius 1 is 1.37 bits per heavy atom. The maximum atomic E-state index is 14.6. The zero-order valence-electron chi connectivity index (χ0n) is 16.3. The summed E-state index contributed by atoms with van der Waals surface area (Å²) < 4.78 is 39.6. The van der Waals surface area contributed by atoms with E-state index in [1.807, 2.05) is 18.2 Å². The van der Waals surface area contributed by atoms with Crippen LogP contribution in [0.2, 0.25) is 0 Å². The molecule has 0 unspecified atom stereocenters. The SMILES string of the molecule is CCOC(=O)N1N=C(c2cc(F)ccc2F)S[C@@]12c1ccccc1OC[C@H]2CCN. The van der Waals surface area contributed by atoms with Crippen LogP contribution < -0.4 is 10.5 Å². The molecule has 2 atom stereocenters. The summed E-state index contributed by atoms with van der Waals surface area (Å²) in [5, 5.41) is 5.85. The van der Waals surface area contributed by atoms with Crippen LogP contribution in [0.5, 0.6) is 5.75 Å². The molecule has 0 radical (unpaired) electrons. The van der Waals surface area contributed by atoms with E-state index in [0.717, 1.165) is 18.2 Å². The molecule has 0 aliphatic carbocycles. The van der Waals surface area contributed by atoms with Crippen LogP contribution in [0.3, 0.4) is 0 Å². The summed E-state index contributed by atoms with van der Waals surface area (Å²) in [6.45, 7) is 2.50. The minimum absolute atomic E-state index is 0.0124. The summed E-state index contributed by atoms with van der Waals surface area (Å²) in [4.78, 5) is 11.9. The lowest BCUT2D eigenvalue weighted by molar-refractivity contribution is 0.0397. The van der Waals surface area contributed by atoms with Gasteiger partial charge < -0.3 is 15.2 Å². The third-order valence-corrected chi connectivity index (χ3v) is 6.67. The summed E-state index contributed by atoms with van der Waals surface area (Å²) in [7, 11) is 0. The van der Waals surface area contributed by atoms with Crippen LogP contribution in [0.1, 0.15) is 24.5 Å². The van der Waals surface area contributed by atoms with Gasteiger partial charge in [-0.25, -0.2) is 13.6 Å². The molecule has 0 saturated carbocycles. The van der Waals surface area contributed by atoms with E-state index < -0.39 is 22.6 Å². The van der Waals surface area contributed by atoms with Gasteiger partial charge in [-0.3, -0.25) is 0 Å². The Kier molecular flexibility index (Phi) is 5.66. The molecule has 2 aromatic carbocycles. The lowest BCUT2D eigenvalue weighted by Gasteiger charge is -2.44. The molecule has 158 valence electrons. The van der Waals surface area contributed by atoms with Crippen LogP contribution in [0.15, 0.2) is 47.6 Å². The second-order valence-corrected chi connectivity index (χ2v) is 8.13. The predicted octanol–water partition coefficient (Wildman–Crippen LogP) is 4.04. The average Bonchev–Trinajstić information content (AvgIpc) is 3.13. The number of ether oxygens (including phenoxy) is 2. The first-order chi connectivity index (χ1) is 14.5. The molecule has 1 spiro atoms. The highest BCUT2D eigenvalue weighted by Gasteiger charge is 2.57. The number of hydrazone groups is 1. The number of halogens is 2. The van der Waals surface area contributed by atoms with E-state index in [0.29, 0.717) is 30.9 Å². The van der Waals surface area contributed by atoms with Crippen molar-refractivity contribution in [2.24, 2.45) is 16.8 Å². The quantitative estimate of drug-likeness (QED) is 0.788. The Morgan fingerprint density at radius 2 is 2.17 bits per heavy atom. The van der Waals surface area contributed by atoms with E-state index in [9.17, 15) is 13.6 Å². The van der Waals surface area contributed by atoms with E-state index >= 15 is 0 Å². The number of amides is 1. The molecule has 4 rings (SSSR count). The molecule has 2 N–H and O–H groups in total. The van der Waals surface area contributed by atoms with E-state index in [1.165, 1.54) is 16.8 Å². The first-order valence-corrected chi connectivity index (χ1v) is 10.4. The van der Waals surface area contributed by atoms with Gasteiger partial charge in [0.1, 0.15) is 22.4 Å². The number of hydrogen-bond donors (Lipinski definition) is 1. The lowest BCUT2D eigenvalue weighted by Crippen LogP contribution is -2.51. The zero-order valence-corrected chi connectivity index (χ0v) is 17.1. The van der Waals surface area contributed by atoms with Crippen LogP contribution >= 0.6 is 11.8 Å². The van der Waals surface area contributed by atoms with Crippen molar-refractivity contribution in [3.8, 4) is 5.75 Å². The van der Waals surface area contributed by atoms with E-state index in [2.05, 4.69) is 5.10 Å². The van der Waals surface area contributed by atoms with Gasteiger partial charge in [0.25, 0.3) is 0 Å². The van der Waals surface area contributed by atoms with E-state index in [4.69, 9.17) is 15.2 Å². The average molecular weight is 433 g/mol. The molecule has 0 bridgehead atoms. The van der Waals surface area contributed by atoms with Gasteiger partial charge >= 0.3 is 6.09 Å². The number of benzene rings is 2. The maximum Gasteiger partial charge on any atom is 0.432 e. The fourth-order valence-corrected chi connectivity index (χ4v) is 5.34. The summed E-state index contributed by atoms with van der Waals surface area (Å²) in [5.41, 5.74) is 6.55. The second-order valence-electron chi connectivity index (χ2n) is 6.92. The summed E-state index contributed by atoms with van der Waals surface area (Å²) >= 11 is 1.20. The monoisotopic (exact) mass is 433 g/mol. The fraction of sp³-hybridized carbons (Fsp3) is 0.333. The Labute approximate surface area is 177 Å². The molecule has 0 fully saturated rings. The van der Waals surface area contributed by atoms with Gasteiger partial charge in [0.2, 0.25) is 0 Å². The first-order valence-electron chi connectivity index (χ1n) is 9.63. The lowest BCUT2D eigenvalue weighted by atomic mass is 9.87. The Bertz CT molecular complexity index is 1000. The number of nitrogens with two attached hydrogens (primary N) is 1. The third kappa shape index (κ3) is 3.31. The van der Waals surface area contributed by atoms with Crippen LogP contribution in [0.25, 0.3) is 0 Å². The Balaban J connectivity index is 1.90. The second kappa shape index (κ2) is 8.23. The van der Waals surface area contributed by atoms with Crippen LogP contribution in [0.4, 0.5) is 13.6 Å². The van der Waals surface area contributed by atoms with Crippen molar-refractivity contribution in [2.45, 2.75) is 18.2 Å². The van der Waals surface area contributed by atoms with Crippen molar-refractivity contribution in [1.82, 2.24) is 5.01 Å². The fourth-order valence-electron chi connectivity index (χ4n) is 3.82. The summed E-state index contributed by atoms with van der Waals surface area (Å²) in [6, 6.07) is 10.5. The highest BCUT2D eigenvalue weighted by Crippen LogP contribution is 2.57. The third-order valence-electron chi connectivity index (χ3n) is 5.14. The van der Waals surface area contributed by atoms with Gasteiger partial charge in [0, 0.05) is 17.0 Å². The van der Waals surface area contributed by atoms with Crippen molar-refractivity contribution in [3.63, 3.8) is 0 Å². The number of carbonyl (C=O) groups is 1. The molecule has 0 saturated heterocycles. The largest absolute Gasteiger partial charge is 0.493 e. The summed E-state index contributed by atoms with van der Waals surface area (Å²) in [6.07, 6.45) is -0.137. The predicted molar refractivity (Wildman–Crippen MR) is 110 cm³/mol. The van der Waals surface area contributed by atoms with Gasteiger partial charge in [-0.2, -0.15) is 10.1 Å². The highest BCUT2D eigenvalue weighted by molar-refractivity contribution is 8.15. The molecule has 1 amide bonds. The van der Waals surface area contributed by atoms with Crippen molar-refractivity contribution >= 4 is 22.9 Å². The number of fused-ring (bicyclic) bond motifs is 2. The van der Waals surface area contributed by atoms with Crippen molar-refractivity contribution in [1.29, 1.82) is 0 Å². The van der Waals surface area contributed by atoms with Crippen LogP contribution in [0, 0.1) is 17.6 Å². The van der Waals surface area contributed by atoms with Gasteiger partial charge in [-0.1, -0.05) is 30.0 Å². The van der Waals surface area contributed by atoms with Gasteiger partial charge in [-0.05, 0) is 44.2 Å². The summed E-state index contributed by atoms with van der Waals surface area (Å²) in [5.74, 6) is -0.864. The van der Waals surface area contributed by atoms with Crippen molar-refractivity contribution in [2.75, 3.05) is 19.8 Å². The number of hydrogen-bond acceptors (Lipinski definition) is 6. The molecule has 2 aliphatic rings. The van der Waals surface area contributed by atoms with Crippen molar-refractivity contribution in [3.05, 3.63) is 65.2 Å². The van der Waals surface area contributed by atoms with Gasteiger partial charge in [0.05, 0.1) is 13.2 Å². The van der Waals surface area contributed by atoms with E-state index in [1.54, 1.807) is 13.0 Å². The first kappa shape index (κ1) is 20.6. The minimum Gasteiger partial charge on any atom is -0.493 e. The number of para-hydroxylation sites is 1. The molecular weight excluding hydrogens is 412 g/mol. The molecule has 6 nitrogen and oxygen atoms in total. The normalized spacial score (nSPS) is 22.5. The number of rotatable bonds is 4. The van der Waals surface area contributed by atoms with E-state index in [-0.39, 0.29) is 23.1 Å². The van der Waals surface area contributed by atoms with Crippen molar-refractivity contribution < 1.29 is 23.0 Å². The molecule has 0 aromatic heterocycles. The number of thioether (sulfide) groups is 1. The number of carbonyl (C=O) groups excluding carboxylic acids is 1. The highest BCUT2D eigenvalue weighted by atomic mass is 32.2. The molecule has 30 heavy (non-hydrogen) atoms. The minimum atomic E-state index is -1.05. The smallest absolute Gasteiger partial charge is 0.432 e. The standard InChI is InChI=1S/C21H21F2N3O3S/c1-2-28-20(27)26-21(30-19(25-26)15-11-14(22)7-8-17(15)23)13(9-10-24)12-29-18-6-4-3-5-16(18)21/h3-8,11,13H,2,9-10,12,24H2,1H3/t13-,21+/m1/s1. The zero-order chi connectivity index (χ0) is 21.3. The Morgan fingerprint density at radius 3 is 2.93 bits per heavy atom. The molecule has 2 aliphatic heterocycles. The Hall–Kier alpha value is -2.65. The number of nitrogens with zero attached hydrogens (tertiary/aromatic N) is 2. The molecule has 2 aromatic rings. The van der Waals surface area contributed by atoms with Gasteiger partial charge in [0.15, 0.2) is 4.87 Å². The molecule has 2 heterocycles.